The van der Waals surface area contributed by atoms with Crippen molar-refractivity contribution >= 4 is 17.6 Å². The van der Waals surface area contributed by atoms with E-state index in [9.17, 15) is 18.7 Å². The number of para-hydroxylation sites is 1. The zero-order valence-corrected chi connectivity index (χ0v) is 15.2. The Bertz CT molecular complexity index is 983. The van der Waals surface area contributed by atoms with Crippen molar-refractivity contribution in [3.05, 3.63) is 65.2 Å². The van der Waals surface area contributed by atoms with Gasteiger partial charge in [0, 0.05) is 11.6 Å². The zero-order chi connectivity index (χ0) is 19.8. The normalized spacial score (nSPS) is 11.4. The predicted octanol–water partition coefficient (Wildman–Crippen LogP) is 4.71. The van der Waals surface area contributed by atoms with Gasteiger partial charge in [0.05, 0.1) is 11.4 Å². The Balaban J connectivity index is 2.22. The molecule has 1 heterocycles. The molecule has 0 aliphatic carbocycles. The van der Waals surface area contributed by atoms with Crippen molar-refractivity contribution in [2.45, 2.75) is 19.4 Å². The third kappa shape index (κ3) is 3.78. The molecule has 27 heavy (non-hydrogen) atoms. The summed E-state index contributed by atoms with van der Waals surface area (Å²) in [4.78, 5) is 11.4. The quantitative estimate of drug-likeness (QED) is 0.682. The molecule has 0 aliphatic heterocycles. The Kier molecular flexibility index (Phi) is 4.89. The van der Waals surface area contributed by atoms with Crippen LogP contribution in [0.5, 0.6) is 5.88 Å². The zero-order valence-electron chi connectivity index (χ0n) is 14.4. The molecule has 0 spiro atoms. The Morgan fingerprint density at radius 2 is 1.74 bits per heavy atom. The largest absolute Gasteiger partial charge is 0.478 e. The second kappa shape index (κ2) is 7.00. The number of carboxylic acid groups (broad SMARTS) is 1. The molecule has 0 bridgehead atoms. The second-order valence-electron chi connectivity index (χ2n) is 6.29. The van der Waals surface area contributed by atoms with Gasteiger partial charge in [0.2, 0.25) is 5.60 Å². The Labute approximate surface area is 158 Å². The number of benzene rings is 2. The first-order chi connectivity index (χ1) is 12.7. The number of hydrogen-bond acceptors (Lipinski definition) is 3. The van der Waals surface area contributed by atoms with E-state index in [4.69, 9.17) is 16.3 Å². The predicted molar refractivity (Wildman–Crippen MR) is 96.3 cm³/mol. The minimum absolute atomic E-state index is 0.0572. The number of halogens is 3. The van der Waals surface area contributed by atoms with Crippen LogP contribution in [0.2, 0.25) is 5.02 Å². The second-order valence-corrected chi connectivity index (χ2v) is 6.67. The number of carboxylic acids is 1. The van der Waals surface area contributed by atoms with E-state index in [2.05, 4.69) is 5.10 Å². The highest BCUT2D eigenvalue weighted by Gasteiger charge is 2.33. The van der Waals surface area contributed by atoms with E-state index < -0.39 is 23.2 Å². The van der Waals surface area contributed by atoms with Crippen LogP contribution in [0.25, 0.3) is 16.9 Å². The van der Waals surface area contributed by atoms with Gasteiger partial charge in [0.25, 0.3) is 5.88 Å². The van der Waals surface area contributed by atoms with Gasteiger partial charge in [-0.15, -0.1) is 5.10 Å². The minimum atomic E-state index is -1.61. The van der Waals surface area contributed by atoms with E-state index in [0.29, 0.717) is 5.69 Å². The lowest BCUT2D eigenvalue weighted by atomic mass is 10.1. The van der Waals surface area contributed by atoms with Gasteiger partial charge in [-0.3, -0.25) is 0 Å². The van der Waals surface area contributed by atoms with Crippen LogP contribution in [0.15, 0.2) is 48.5 Å². The van der Waals surface area contributed by atoms with Gasteiger partial charge in [-0.25, -0.2) is 18.3 Å². The highest BCUT2D eigenvalue weighted by atomic mass is 35.5. The first kappa shape index (κ1) is 18.8. The van der Waals surface area contributed by atoms with Gasteiger partial charge >= 0.3 is 5.97 Å². The Hall–Kier alpha value is -2.93. The number of carbonyl (C=O) groups is 1. The molecule has 1 aromatic heterocycles. The van der Waals surface area contributed by atoms with Crippen LogP contribution in [0.1, 0.15) is 13.8 Å². The lowest BCUT2D eigenvalue weighted by Crippen LogP contribution is -2.38. The molecule has 1 N–H and O–H groups in total. The monoisotopic (exact) mass is 392 g/mol. The van der Waals surface area contributed by atoms with Crippen molar-refractivity contribution in [2.75, 3.05) is 0 Å². The molecule has 0 amide bonds. The molecule has 8 heteroatoms. The third-order valence-electron chi connectivity index (χ3n) is 3.80. The van der Waals surface area contributed by atoms with Gasteiger partial charge in [-0.1, -0.05) is 29.8 Å². The number of rotatable bonds is 5. The molecule has 0 aliphatic rings. The lowest BCUT2D eigenvalue weighted by molar-refractivity contribution is -0.152. The molecule has 2 aromatic carbocycles. The summed E-state index contributed by atoms with van der Waals surface area (Å²) in [7, 11) is 0. The molecule has 0 unspecified atom stereocenters. The van der Waals surface area contributed by atoms with Gasteiger partial charge in [0.1, 0.15) is 16.7 Å². The summed E-state index contributed by atoms with van der Waals surface area (Å²) >= 11 is 6.38. The number of nitrogens with zero attached hydrogens (tertiary/aromatic N) is 2. The van der Waals surface area contributed by atoms with E-state index in [1.807, 2.05) is 0 Å². The standard InChI is InChI=1S/C19H15ClF2N2O3/c1-19(2,18(25)26)27-17-15(20)16(11-8-12(21)10-13(22)9-11)24(23-17)14-6-4-3-5-7-14/h3-10H,1-2H3,(H,25,26). The van der Waals surface area contributed by atoms with Gasteiger partial charge in [0.15, 0.2) is 0 Å². The van der Waals surface area contributed by atoms with Crippen molar-refractivity contribution in [3.8, 4) is 22.8 Å². The average Bonchev–Trinajstić information content (AvgIpc) is 2.91. The SMILES string of the molecule is CC(C)(Oc1nn(-c2ccccc2)c(-c2cc(F)cc(F)c2)c1Cl)C(=O)O. The van der Waals surface area contributed by atoms with Crippen molar-refractivity contribution in [1.29, 1.82) is 0 Å². The van der Waals surface area contributed by atoms with Crippen LogP contribution in [0.3, 0.4) is 0 Å². The van der Waals surface area contributed by atoms with E-state index in [0.717, 1.165) is 18.2 Å². The highest BCUT2D eigenvalue weighted by molar-refractivity contribution is 6.34. The summed E-state index contributed by atoms with van der Waals surface area (Å²) < 4.78 is 34.3. The molecule has 0 atom stereocenters. The van der Waals surface area contributed by atoms with Crippen molar-refractivity contribution < 1.29 is 23.4 Å². The summed E-state index contributed by atoms with van der Waals surface area (Å²) in [6, 6.07) is 11.7. The van der Waals surface area contributed by atoms with Crippen molar-refractivity contribution in [3.63, 3.8) is 0 Å². The number of ether oxygens (including phenoxy) is 1. The first-order valence-corrected chi connectivity index (χ1v) is 8.29. The fraction of sp³-hybridized carbons (Fsp3) is 0.158. The summed E-state index contributed by atoms with van der Waals surface area (Å²) in [5, 5.41) is 13.5. The maximum atomic E-state index is 13.7. The van der Waals surface area contributed by atoms with E-state index in [1.165, 1.54) is 18.5 Å². The van der Waals surface area contributed by atoms with Crippen LogP contribution in [0, 0.1) is 11.6 Å². The third-order valence-corrected chi connectivity index (χ3v) is 4.14. The molecule has 0 saturated carbocycles. The van der Waals surface area contributed by atoms with Gasteiger partial charge in [-0.05, 0) is 38.1 Å². The minimum Gasteiger partial charge on any atom is -0.478 e. The molecule has 140 valence electrons. The maximum Gasteiger partial charge on any atom is 0.347 e. The molecular formula is C19H15ClF2N2O3. The number of aliphatic carboxylic acids is 1. The first-order valence-electron chi connectivity index (χ1n) is 7.92. The number of hydrogen-bond donors (Lipinski definition) is 1. The molecule has 3 rings (SSSR count). The molecular weight excluding hydrogens is 378 g/mol. The Morgan fingerprint density at radius 3 is 2.30 bits per heavy atom. The molecule has 0 saturated heterocycles. The lowest BCUT2D eigenvalue weighted by Gasteiger charge is -2.19. The van der Waals surface area contributed by atoms with Crippen molar-refractivity contribution in [2.24, 2.45) is 0 Å². The van der Waals surface area contributed by atoms with Crippen molar-refractivity contribution in [1.82, 2.24) is 9.78 Å². The topological polar surface area (TPSA) is 64.4 Å². The highest BCUT2D eigenvalue weighted by Crippen LogP contribution is 2.38. The van der Waals surface area contributed by atoms with Gasteiger partial charge in [-0.2, -0.15) is 0 Å². The fourth-order valence-corrected chi connectivity index (χ4v) is 2.69. The van der Waals surface area contributed by atoms with Crippen LogP contribution in [0.4, 0.5) is 8.78 Å². The van der Waals surface area contributed by atoms with Gasteiger partial charge < -0.3 is 9.84 Å². The van der Waals surface area contributed by atoms with E-state index in [1.54, 1.807) is 30.3 Å². The van der Waals surface area contributed by atoms with Crippen LogP contribution in [-0.2, 0) is 4.79 Å². The fourth-order valence-electron chi connectivity index (χ4n) is 2.43. The molecule has 0 radical (unpaired) electrons. The summed E-state index contributed by atoms with van der Waals surface area (Å²) in [6.07, 6.45) is 0. The smallest absolute Gasteiger partial charge is 0.347 e. The molecule has 0 fully saturated rings. The van der Waals surface area contributed by atoms with E-state index >= 15 is 0 Å². The van der Waals surface area contributed by atoms with E-state index in [-0.39, 0.29) is 22.2 Å². The number of aromatic nitrogens is 2. The van der Waals surface area contributed by atoms with Crippen LogP contribution < -0.4 is 4.74 Å². The molecule has 5 nitrogen and oxygen atoms in total. The average molecular weight is 393 g/mol. The molecule has 3 aromatic rings. The Morgan fingerprint density at radius 1 is 1.15 bits per heavy atom. The van der Waals surface area contributed by atoms with Crippen LogP contribution >= 0.6 is 11.6 Å². The summed E-state index contributed by atoms with van der Waals surface area (Å²) in [5.74, 6) is -2.94. The maximum absolute atomic E-state index is 13.7. The summed E-state index contributed by atoms with van der Waals surface area (Å²) in [5.41, 5.74) is -0.736. The summed E-state index contributed by atoms with van der Waals surface area (Å²) in [6.45, 7) is 2.68. The van der Waals surface area contributed by atoms with Crippen LogP contribution in [-0.4, -0.2) is 26.5 Å².